The van der Waals surface area contributed by atoms with Gasteiger partial charge in [-0.05, 0) is 53.4 Å². The van der Waals surface area contributed by atoms with E-state index in [1.54, 1.807) is 12.1 Å². The minimum absolute atomic E-state index is 0.0409. The summed E-state index contributed by atoms with van der Waals surface area (Å²) >= 11 is 0. The first-order valence-electron chi connectivity index (χ1n) is 8.87. The van der Waals surface area contributed by atoms with Crippen molar-refractivity contribution in [2.75, 3.05) is 5.32 Å². The summed E-state index contributed by atoms with van der Waals surface area (Å²) < 4.78 is 28.6. The van der Waals surface area contributed by atoms with Crippen LogP contribution in [0.5, 0.6) is 0 Å². The summed E-state index contributed by atoms with van der Waals surface area (Å²) in [5, 5.41) is 4.88. The number of amides is 1. The van der Waals surface area contributed by atoms with Gasteiger partial charge in [-0.2, -0.15) is 0 Å². The van der Waals surface area contributed by atoms with E-state index in [0.717, 1.165) is 21.9 Å². The topological polar surface area (TPSA) is 75.3 Å². The zero-order chi connectivity index (χ0) is 19.0. The summed E-state index contributed by atoms with van der Waals surface area (Å²) in [7, 11) is -3.69. The van der Waals surface area contributed by atoms with Crippen LogP contribution >= 0.6 is 0 Å². The summed E-state index contributed by atoms with van der Waals surface area (Å²) in [6, 6.07) is 18.3. The number of benzene rings is 3. The highest BCUT2D eigenvalue weighted by atomic mass is 32.2. The lowest BCUT2D eigenvalue weighted by molar-refractivity contribution is -0.116. The third kappa shape index (κ3) is 3.46. The van der Waals surface area contributed by atoms with E-state index >= 15 is 0 Å². The van der Waals surface area contributed by atoms with Crippen molar-refractivity contribution in [2.24, 2.45) is 0 Å². The molecule has 138 valence electrons. The molecule has 1 aliphatic heterocycles. The van der Waals surface area contributed by atoms with Crippen molar-refractivity contribution in [2.45, 2.75) is 30.7 Å². The first-order valence-corrected chi connectivity index (χ1v) is 10.4. The van der Waals surface area contributed by atoms with Gasteiger partial charge in [0.25, 0.3) is 0 Å². The van der Waals surface area contributed by atoms with E-state index in [0.29, 0.717) is 18.5 Å². The van der Waals surface area contributed by atoms with E-state index in [4.69, 9.17) is 0 Å². The Hall–Kier alpha value is -2.70. The van der Waals surface area contributed by atoms with Crippen molar-refractivity contribution in [3.05, 3.63) is 71.8 Å². The number of rotatable bonds is 4. The molecule has 0 fully saturated rings. The Bertz CT molecular complexity index is 1130. The van der Waals surface area contributed by atoms with Gasteiger partial charge in [0, 0.05) is 18.2 Å². The molecule has 3 aromatic rings. The van der Waals surface area contributed by atoms with Gasteiger partial charge in [-0.3, -0.25) is 4.79 Å². The number of anilines is 1. The normalized spacial score (nSPS) is 15.2. The summed E-state index contributed by atoms with van der Waals surface area (Å²) in [6.07, 6.45) is 0.916. The van der Waals surface area contributed by atoms with Gasteiger partial charge < -0.3 is 5.32 Å². The van der Waals surface area contributed by atoms with Crippen LogP contribution in [0.4, 0.5) is 5.69 Å². The molecule has 1 atom stereocenters. The Morgan fingerprint density at radius 3 is 2.63 bits per heavy atom. The maximum absolute atomic E-state index is 12.9. The van der Waals surface area contributed by atoms with Crippen molar-refractivity contribution >= 4 is 32.4 Å². The minimum atomic E-state index is -3.69. The van der Waals surface area contributed by atoms with Crippen LogP contribution in [-0.4, -0.2) is 14.3 Å². The van der Waals surface area contributed by atoms with E-state index in [1.807, 2.05) is 49.4 Å². The van der Waals surface area contributed by atoms with Gasteiger partial charge in [-0.25, -0.2) is 13.1 Å². The zero-order valence-corrected chi connectivity index (χ0v) is 15.7. The lowest BCUT2D eigenvalue weighted by Gasteiger charge is -2.20. The molecule has 0 saturated heterocycles. The Balaban J connectivity index is 1.64. The number of carbonyl (C=O) groups excluding carboxylic acids is 1. The maximum atomic E-state index is 12.9. The van der Waals surface area contributed by atoms with Crippen LogP contribution < -0.4 is 10.0 Å². The fraction of sp³-hybridized carbons (Fsp3) is 0.190. The van der Waals surface area contributed by atoms with Crippen molar-refractivity contribution in [3.8, 4) is 0 Å². The molecule has 3 aromatic carbocycles. The second-order valence-corrected chi connectivity index (χ2v) is 8.49. The van der Waals surface area contributed by atoms with Crippen molar-refractivity contribution < 1.29 is 13.2 Å². The molecule has 1 heterocycles. The Morgan fingerprint density at radius 1 is 1.00 bits per heavy atom. The fourth-order valence-electron chi connectivity index (χ4n) is 3.52. The third-order valence-corrected chi connectivity index (χ3v) is 6.44. The number of hydrogen-bond donors (Lipinski definition) is 2. The van der Waals surface area contributed by atoms with Gasteiger partial charge in [-0.1, -0.05) is 42.5 Å². The van der Waals surface area contributed by atoms with Crippen molar-refractivity contribution in [3.63, 3.8) is 0 Å². The monoisotopic (exact) mass is 380 g/mol. The molecule has 0 saturated carbocycles. The molecular weight excluding hydrogens is 360 g/mol. The molecule has 0 bridgehead atoms. The van der Waals surface area contributed by atoms with Gasteiger partial charge in [0.15, 0.2) is 0 Å². The van der Waals surface area contributed by atoms with E-state index in [-0.39, 0.29) is 16.8 Å². The molecular formula is C21H20N2O3S. The van der Waals surface area contributed by atoms with Gasteiger partial charge in [-0.15, -0.1) is 0 Å². The SMILES string of the molecule is CC(NS(=O)(=O)c1ccc2c(c1)CCC(=O)N2)c1cccc2ccccc12. The number of carbonyl (C=O) groups is 1. The largest absolute Gasteiger partial charge is 0.326 e. The van der Waals surface area contributed by atoms with Crippen molar-refractivity contribution in [1.29, 1.82) is 0 Å². The highest BCUT2D eigenvalue weighted by Crippen LogP contribution is 2.28. The van der Waals surface area contributed by atoms with Crippen LogP contribution in [0.1, 0.15) is 30.5 Å². The quantitative estimate of drug-likeness (QED) is 0.724. The lowest BCUT2D eigenvalue weighted by atomic mass is 10.0. The molecule has 0 spiro atoms. The molecule has 2 N–H and O–H groups in total. The van der Waals surface area contributed by atoms with Crippen LogP contribution in [0, 0.1) is 0 Å². The van der Waals surface area contributed by atoms with Crippen LogP contribution in [-0.2, 0) is 21.2 Å². The summed E-state index contributed by atoms with van der Waals surface area (Å²) in [6.45, 7) is 1.85. The molecule has 0 aliphatic carbocycles. The minimum Gasteiger partial charge on any atom is -0.326 e. The van der Waals surface area contributed by atoms with E-state index in [2.05, 4.69) is 10.0 Å². The molecule has 0 radical (unpaired) electrons. The molecule has 1 amide bonds. The highest BCUT2D eigenvalue weighted by Gasteiger charge is 2.22. The second-order valence-electron chi connectivity index (χ2n) is 6.78. The molecule has 1 unspecified atom stereocenters. The number of aryl methyl sites for hydroxylation is 1. The first-order chi connectivity index (χ1) is 12.9. The van der Waals surface area contributed by atoms with Crippen LogP contribution in [0.15, 0.2) is 65.6 Å². The van der Waals surface area contributed by atoms with Gasteiger partial charge in [0.05, 0.1) is 4.90 Å². The van der Waals surface area contributed by atoms with Gasteiger partial charge in [0.1, 0.15) is 0 Å². The highest BCUT2D eigenvalue weighted by molar-refractivity contribution is 7.89. The standard InChI is InChI=1S/C21H20N2O3S/c1-14(18-8-4-6-15-5-2-3-7-19(15)18)23-27(25,26)17-10-11-20-16(13-17)9-12-21(24)22-20/h2-8,10-11,13-14,23H,9,12H2,1H3,(H,22,24). The number of nitrogens with one attached hydrogen (secondary N) is 2. The zero-order valence-electron chi connectivity index (χ0n) is 14.9. The predicted octanol–water partition coefficient (Wildman–Crippen LogP) is 3.76. The molecule has 0 aromatic heterocycles. The summed E-state index contributed by atoms with van der Waals surface area (Å²) in [5.41, 5.74) is 2.46. The smallest absolute Gasteiger partial charge is 0.241 e. The van der Waals surface area contributed by atoms with Crippen LogP contribution in [0.3, 0.4) is 0 Å². The average Bonchev–Trinajstić information content (AvgIpc) is 2.66. The maximum Gasteiger partial charge on any atom is 0.241 e. The molecule has 4 rings (SSSR count). The summed E-state index contributed by atoms with van der Waals surface area (Å²) in [4.78, 5) is 11.7. The lowest BCUT2D eigenvalue weighted by Crippen LogP contribution is -2.27. The molecule has 1 aliphatic rings. The Morgan fingerprint density at radius 2 is 1.78 bits per heavy atom. The number of fused-ring (bicyclic) bond motifs is 2. The van der Waals surface area contributed by atoms with E-state index < -0.39 is 10.0 Å². The number of sulfonamides is 1. The van der Waals surface area contributed by atoms with Gasteiger partial charge >= 0.3 is 0 Å². The first kappa shape index (κ1) is 17.7. The van der Waals surface area contributed by atoms with E-state index in [1.165, 1.54) is 6.07 Å². The second kappa shape index (κ2) is 6.79. The van der Waals surface area contributed by atoms with E-state index in [9.17, 15) is 13.2 Å². The predicted molar refractivity (Wildman–Crippen MR) is 106 cm³/mol. The summed E-state index contributed by atoms with van der Waals surface area (Å²) in [5.74, 6) is -0.0409. The van der Waals surface area contributed by atoms with Crippen LogP contribution in [0.2, 0.25) is 0 Å². The molecule has 27 heavy (non-hydrogen) atoms. The third-order valence-electron chi connectivity index (χ3n) is 4.90. The van der Waals surface area contributed by atoms with Crippen LogP contribution in [0.25, 0.3) is 10.8 Å². The fourth-order valence-corrected chi connectivity index (χ4v) is 4.79. The molecule has 6 heteroatoms. The average molecular weight is 380 g/mol. The molecule has 5 nitrogen and oxygen atoms in total. The Kier molecular flexibility index (Phi) is 4.45. The van der Waals surface area contributed by atoms with Gasteiger partial charge in [0.2, 0.25) is 15.9 Å². The number of hydrogen-bond acceptors (Lipinski definition) is 3. The Labute approximate surface area is 158 Å². The van der Waals surface area contributed by atoms with Crippen molar-refractivity contribution in [1.82, 2.24) is 4.72 Å².